The predicted octanol–water partition coefficient (Wildman–Crippen LogP) is 1.82. The van der Waals surface area contributed by atoms with Crippen molar-refractivity contribution < 1.29 is 4.79 Å². The van der Waals surface area contributed by atoms with Gasteiger partial charge < -0.3 is 15.5 Å². The van der Waals surface area contributed by atoms with Crippen molar-refractivity contribution >= 4 is 23.2 Å². The van der Waals surface area contributed by atoms with Crippen LogP contribution in [0.1, 0.15) is 6.42 Å². The number of hydrogen-bond acceptors (Lipinski definition) is 3. The Morgan fingerprint density at radius 3 is 2.67 bits per heavy atom. The smallest absolute Gasteiger partial charge is 0.221 e. The number of likely N-dealkylation sites (N-methyl/N-ethyl adjacent to an activating group) is 1. The van der Waals surface area contributed by atoms with Crippen molar-refractivity contribution in [1.29, 1.82) is 0 Å². The quantitative estimate of drug-likeness (QED) is 0.794. The number of carbonyl (C=O) groups excluding carboxylic acids is 1. The second kappa shape index (κ2) is 7.95. The summed E-state index contributed by atoms with van der Waals surface area (Å²) in [6.45, 7) is 2.11. The Morgan fingerprint density at radius 1 is 1.28 bits per heavy atom. The molecule has 0 radical (unpaired) electrons. The zero-order valence-corrected chi connectivity index (χ0v) is 11.6. The normalized spacial score (nSPS) is 10.4. The summed E-state index contributed by atoms with van der Waals surface area (Å²) < 4.78 is 0. The van der Waals surface area contributed by atoms with Gasteiger partial charge in [0, 0.05) is 26.1 Å². The highest BCUT2D eigenvalue weighted by atomic mass is 35.5. The van der Waals surface area contributed by atoms with Gasteiger partial charge >= 0.3 is 0 Å². The Balaban J connectivity index is 2.18. The lowest BCUT2D eigenvalue weighted by molar-refractivity contribution is -0.120. The van der Waals surface area contributed by atoms with Crippen LogP contribution in [-0.4, -0.2) is 44.5 Å². The molecule has 0 aromatic heterocycles. The van der Waals surface area contributed by atoms with Gasteiger partial charge in [0.2, 0.25) is 5.91 Å². The number of halogens is 1. The number of nitrogens with zero attached hydrogens (tertiary/aromatic N) is 1. The van der Waals surface area contributed by atoms with E-state index >= 15 is 0 Å². The Hall–Kier alpha value is -1.26. The molecule has 100 valence electrons. The molecule has 0 saturated heterocycles. The van der Waals surface area contributed by atoms with Gasteiger partial charge in [0.1, 0.15) is 0 Å². The molecular formula is C13H20ClN3O. The maximum atomic E-state index is 11.5. The van der Waals surface area contributed by atoms with Crippen LogP contribution in [0.15, 0.2) is 24.3 Å². The van der Waals surface area contributed by atoms with Crippen LogP contribution in [0, 0.1) is 0 Å². The molecule has 0 unspecified atom stereocenters. The highest BCUT2D eigenvalue weighted by Gasteiger charge is 2.02. The first-order valence-electron chi connectivity index (χ1n) is 5.99. The number of hydrogen-bond donors (Lipinski definition) is 2. The van der Waals surface area contributed by atoms with Gasteiger partial charge in [0.05, 0.1) is 10.7 Å². The number of benzene rings is 1. The summed E-state index contributed by atoms with van der Waals surface area (Å²) in [4.78, 5) is 13.5. The van der Waals surface area contributed by atoms with Crippen molar-refractivity contribution in [2.75, 3.05) is 39.0 Å². The van der Waals surface area contributed by atoms with Crippen molar-refractivity contribution in [3.8, 4) is 0 Å². The molecule has 0 spiro atoms. The minimum absolute atomic E-state index is 0.0522. The number of amides is 1. The van der Waals surface area contributed by atoms with Gasteiger partial charge in [-0.1, -0.05) is 23.7 Å². The number of rotatable bonds is 7. The van der Waals surface area contributed by atoms with Gasteiger partial charge in [0.25, 0.3) is 0 Å². The maximum absolute atomic E-state index is 11.5. The molecule has 0 saturated carbocycles. The topological polar surface area (TPSA) is 44.4 Å². The molecule has 0 aliphatic rings. The van der Waals surface area contributed by atoms with Crippen molar-refractivity contribution in [2.24, 2.45) is 0 Å². The highest BCUT2D eigenvalue weighted by Crippen LogP contribution is 2.19. The van der Waals surface area contributed by atoms with E-state index in [0.29, 0.717) is 24.5 Å². The Bertz CT molecular complexity index is 382. The fourth-order valence-electron chi connectivity index (χ4n) is 1.42. The summed E-state index contributed by atoms with van der Waals surface area (Å²) in [7, 11) is 3.95. The predicted molar refractivity (Wildman–Crippen MR) is 76.1 cm³/mol. The van der Waals surface area contributed by atoms with E-state index in [4.69, 9.17) is 11.6 Å². The molecule has 0 bridgehead atoms. The van der Waals surface area contributed by atoms with Crippen LogP contribution in [0.3, 0.4) is 0 Å². The van der Waals surface area contributed by atoms with Crippen molar-refractivity contribution in [1.82, 2.24) is 10.2 Å². The lowest BCUT2D eigenvalue weighted by Gasteiger charge is -2.11. The first-order valence-corrected chi connectivity index (χ1v) is 6.37. The highest BCUT2D eigenvalue weighted by molar-refractivity contribution is 6.33. The maximum Gasteiger partial charge on any atom is 0.221 e. The van der Waals surface area contributed by atoms with Crippen LogP contribution in [0.5, 0.6) is 0 Å². The fourth-order valence-corrected chi connectivity index (χ4v) is 1.63. The van der Waals surface area contributed by atoms with Crippen LogP contribution >= 0.6 is 11.6 Å². The molecule has 1 aromatic carbocycles. The standard InChI is InChI=1S/C13H20ClN3O/c1-17(2)10-9-16-13(18)7-8-15-12-6-4-3-5-11(12)14/h3-6,15H,7-10H2,1-2H3,(H,16,18). The second-order valence-corrected chi connectivity index (χ2v) is 4.72. The summed E-state index contributed by atoms with van der Waals surface area (Å²) in [6, 6.07) is 7.50. The van der Waals surface area contributed by atoms with E-state index in [-0.39, 0.29) is 5.91 Å². The van der Waals surface area contributed by atoms with Crippen LogP contribution in [0.2, 0.25) is 5.02 Å². The minimum atomic E-state index is 0.0522. The number of nitrogens with one attached hydrogen (secondary N) is 2. The number of carbonyl (C=O) groups is 1. The molecule has 1 amide bonds. The summed E-state index contributed by atoms with van der Waals surface area (Å²) in [6.07, 6.45) is 0.443. The van der Waals surface area contributed by atoms with E-state index in [1.54, 1.807) is 0 Å². The van der Waals surface area contributed by atoms with Gasteiger partial charge in [0.15, 0.2) is 0 Å². The first-order chi connectivity index (χ1) is 8.59. The largest absolute Gasteiger partial charge is 0.383 e. The zero-order chi connectivity index (χ0) is 13.4. The van der Waals surface area contributed by atoms with Crippen LogP contribution in [0.4, 0.5) is 5.69 Å². The lowest BCUT2D eigenvalue weighted by Crippen LogP contribution is -2.32. The third-order valence-corrected chi connectivity index (χ3v) is 2.75. The molecule has 2 N–H and O–H groups in total. The van der Waals surface area contributed by atoms with Crippen LogP contribution in [-0.2, 0) is 4.79 Å². The van der Waals surface area contributed by atoms with Crippen molar-refractivity contribution in [2.45, 2.75) is 6.42 Å². The van der Waals surface area contributed by atoms with E-state index in [2.05, 4.69) is 10.6 Å². The SMILES string of the molecule is CN(C)CCNC(=O)CCNc1ccccc1Cl. The monoisotopic (exact) mass is 269 g/mol. The van der Waals surface area contributed by atoms with E-state index in [9.17, 15) is 4.79 Å². The molecule has 18 heavy (non-hydrogen) atoms. The molecule has 1 aromatic rings. The van der Waals surface area contributed by atoms with E-state index in [1.807, 2.05) is 43.3 Å². The molecule has 4 nitrogen and oxygen atoms in total. The minimum Gasteiger partial charge on any atom is -0.383 e. The van der Waals surface area contributed by atoms with E-state index in [1.165, 1.54) is 0 Å². The molecule has 0 aliphatic carbocycles. The summed E-state index contributed by atoms with van der Waals surface area (Å²) in [5.74, 6) is 0.0522. The van der Waals surface area contributed by atoms with Crippen LogP contribution in [0.25, 0.3) is 0 Å². The third kappa shape index (κ3) is 5.89. The van der Waals surface area contributed by atoms with E-state index < -0.39 is 0 Å². The average molecular weight is 270 g/mol. The lowest BCUT2D eigenvalue weighted by atomic mass is 10.3. The molecule has 0 atom stereocenters. The second-order valence-electron chi connectivity index (χ2n) is 4.31. The third-order valence-electron chi connectivity index (χ3n) is 2.42. The average Bonchev–Trinajstić information content (AvgIpc) is 2.31. The molecular weight excluding hydrogens is 250 g/mol. The summed E-state index contributed by atoms with van der Waals surface area (Å²) >= 11 is 5.99. The van der Waals surface area contributed by atoms with E-state index in [0.717, 1.165) is 12.2 Å². The first kappa shape index (κ1) is 14.8. The van der Waals surface area contributed by atoms with Crippen molar-refractivity contribution in [3.63, 3.8) is 0 Å². The summed E-state index contributed by atoms with van der Waals surface area (Å²) in [5, 5.41) is 6.67. The van der Waals surface area contributed by atoms with Gasteiger partial charge in [-0.25, -0.2) is 0 Å². The zero-order valence-electron chi connectivity index (χ0n) is 10.9. The Kier molecular flexibility index (Phi) is 6.54. The Labute approximate surface area is 113 Å². The molecule has 1 rings (SSSR count). The molecule has 5 heteroatoms. The fraction of sp³-hybridized carbons (Fsp3) is 0.462. The number of para-hydroxylation sites is 1. The van der Waals surface area contributed by atoms with Gasteiger partial charge in [-0.15, -0.1) is 0 Å². The van der Waals surface area contributed by atoms with Gasteiger partial charge in [-0.3, -0.25) is 4.79 Å². The number of anilines is 1. The molecule has 0 fully saturated rings. The van der Waals surface area contributed by atoms with Crippen LogP contribution < -0.4 is 10.6 Å². The van der Waals surface area contributed by atoms with Gasteiger partial charge in [-0.05, 0) is 26.2 Å². The Morgan fingerprint density at radius 2 is 2.00 bits per heavy atom. The molecule has 0 heterocycles. The van der Waals surface area contributed by atoms with Gasteiger partial charge in [-0.2, -0.15) is 0 Å². The summed E-state index contributed by atoms with van der Waals surface area (Å²) in [5.41, 5.74) is 0.861. The van der Waals surface area contributed by atoms with Crippen molar-refractivity contribution in [3.05, 3.63) is 29.3 Å². The molecule has 0 aliphatic heterocycles.